The Hall–Kier alpha value is -0.140. The summed E-state index contributed by atoms with van der Waals surface area (Å²) in [5, 5.41) is 0. The highest BCUT2D eigenvalue weighted by Gasteiger charge is 2.38. The second-order valence-electron chi connectivity index (χ2n) is 4.67. The van der Waals surface area contributed by atoms with E-state index in [0.717, 1.165) is 0 Å². The average Bonchev–Trinajstić information content (AvgIpc) is 2.01. The van der Waals surface area contributed by atoms with E-state index in [4.69, 9.17) is 0 Å². The van der Waals surface area contributed by atoms with Crippen LogP contribution >= 0.6 is 0 Å². The minimum Gasteiger partial charge on any atom is -0.229 e. The first-order valence-corrected chi connectivity index (χ1v) is 8.02. The van der Waals surface area contributed by atoms with Crippen molar-refractivity contribution in [1.29, 1.82) is 0 Å². The molecule has 1 fully saturated rings. The normalized spacial score (nSPS) is 23.9. The molecule has 0 atom stereocenters. The van der Waals surface area contributed by atoms with E-state index in [1.165, 1.54) is 4.31 Å². The Morgan fingerprint density at radius 2 is 1.47 bits per heavy atom. The van der Waals surface area contributed by atoms with E-state index < -0.39 is 24.6 Å². The minimum atomic E-state index is -3.38. The Labute approximate surface area is 91.4 Å². The van der Waals surface area contributed by atoms with E-state index in [9.17, 15) is 16.8 Å². The first-order valence-electron chi connectivity index (χ1n) is 4.76. The number of hydrogen-bond acceptors (Lipinski definition) is 4. The van der Waals surface area contributed by atoms with Crippen molar-refractivity contribution in [1.82, 2.24) is 4.31 Å². The van der Waals surface area contributed by atoms with E-state index in [1.54, 1.807) is 20.8 Å². The van der Waals surface area contributed by atoms with Gasteiger partial charge in [0, 0.05) is 13.1 Å². The standard InChI is InChI=1S/C8H17NO4S2/c1-8(2,3)15(12,13)9-4-6-14(10,11)7-5-9/h4-7H2,1-3H3. The van der Waals surface area contributed by atoms with Crippen molar-refractivity contribution in [3.05, 3.63) is 0 Å². The maximum Gasteiger partial charge on any atom is 0.219 e. The van der Waals surface area contributed by atoms with E-state index in [0.29, 0.717) is 0 Å². The summed E-state index contributed by atoms with van der Waals surface area (Å²) in [5.41, 5.74) is 0. The van der Waals surface area contributed by atoms with Crippen molar-refractivity contribution in [2.45, 2.75) is 25.5 Å². The van der Waals surface area contributed by atoms with Gasteiger partial charge in [0.15, 0.2) is 9.84 Å². The number of rotatable bonds is 1. The van der Waals surface area contributed by atoms with Crippen LogP contribution in [0.2, 0.25) is 0 Å². The predicted molar refractivity (Wildman–Crippen MR) is 58.9 cm³/mol. The fourth-order valence-electron chi connectivity index (χ4n) is 1.32. The summed E-state index contributed by atoms with van der Waals surface area (Å²) < 4.78 is 46.6. The lowest BCUT2D eigenvalue weighted by molar-refractivity contribution is 0.412. The topological polar surface area (TPSA) is 71.5 Å². The van der Waals surface area contributed by atoms with E-state index in [1.807, 2.05) is 0 Å². The van der Waals surface area contributed by atoms with Gasteiger partial charge in [-0.15, -0.1) is 0 Å². The van der Waals surface area contributed by atoms with Gasteiger partial charge in [0.1, 0.15) is 0 Å². The molecule has 5 nitrogen and oxygen atoms in total. The molecule has 0 N–H and O–H groups in total. The fourth-order valence-corrected chi connectivity index (χ4v) is 4.19. The first kappa shape index (κ1) is 12.9. The molecule has 1 aliphatic rings. The second-order valence-corrected chi connectivity index (χ2v) is 9.66. The highest BCUT2D eigenvalue weighted by molar-refractivity contribution is 7.92. The molecule has 0 unspecified atom stereocenters. The lowest BCUT2D eigenvalue weighted by Crippen LogP contribution is -2.49. The van der Waals surface area contributed by atoms with Crippen LogP contribution in [0.5, 0.6) is 0 Å². The van der Waals surface area contributed by atoms with Gasteiger partial charge in [-0.1, -0.05) is 0 Å². The van der Waals surface area contributed by atoms with Gasteiger partial charge >= 0.3 is 0 Å². The molecule has 0 aromatic rings. The van der Waals surface area contributed by atoms with Crippen LogP contribution in [0, 0.1) is 0 Å². The van der Waals surface area contributed by atoms with Crippen LogP contribution in [-0.2, 0) is 19.9 Å². The Morgan fingerprint density at radius 1 is 1.07 bits per heavy atom. The van der Waals surface area contributed by atoms with E-state index in [-0.39, 0.29) is 24.6 Å². The molecule has 0 spiro atoms. The van der Waals surface area contributed by atoms with Gasteiger partial charge in [0.25, 0.3) is 0 Å². The third kappa shape index (κ3) is 2.70. The smallest absolute Gasteiger partial charge is 0.219 e. The van der Waals surface area contributed by atoms with Crippen molar-refractivity contribution in [2.75, 3.05) is 24.6 Å². The number of sulfone groups is 1. The molecular weight excluding hydrogens is 238 g/mol. The van der Waals surface area contributed by atoms with Crippen molar-refractivity contribution >= 4 is 19.9 Å². The molecule has 1 aliphatic heterocycles. The van der Waals surface area contributed by atoms with Gasteiger partial charge in [-0.2, -0.15) is 4.31 Å². The van der Waals surface area contributed by atoms with Crippen LogP contribution in [0.1, 0.15) is 20.8 Å². The van der Waals surface area contributed by atoms with Crippen LogP contribution in [0.4, 0.5) is 0 Å². The largest absolute Gasteiger partial charge is 0.229 e. The monoisotopic (exact) mass is 255 g/mol. The summed E-state index contributed by atoms with van der Waals surface area (Å²) in [4.78, 5) is 0. The third-order valence-corrected chi connectivity index (χ3v) is 6.62. The number of hydrogen-bond donors (Lipinski definition) is 0. The van der Waals surface area contributed by atoms with Crippen LogP contribution < -0.4 is 0 Å². The molecule has 15 heavy (non-hydrogen) atoms. The molecule has 0 saturated carbocycles. The Morgan fingerprint density at radius 3 is 1.80 bits per heavy atom. The molecule has 1 rings (SSSR count). The van der Waals surface area contributed by atoms with Gasteiger partial charge in [-0.25, -0.2) is 16.8 Å². The molecule has 90 valence electrons. The summed E-state index contributed by atoms with van der Waals surface area (Å²) in [6.45, 7) is 5.02. The Balaban J connectivity index is 2.87. The molecule has 0 aliphatic carbocycles. The molecular formula is C8H17NO4S2. The maximum atomic E-state index is 11.9. The lowest BCUT2D eigenvalue weighted by atomic mass is 10.3. The van der Waals surface area contributed by atoms with Gasteiger partial charge in [-0.3, -0.25) is 0 Å². The maximum absolute atomic E-state index is 11.9. The average molecular weight is 255 g/mol. The summed E-state index contributed by atoms with van der Waals surface area (Å²) in [6, 6.07) is 0. The second kappa shape index (κ2) is 3.71. The summed E-state index contributed by atoms with van der Waals surface area (Å²) >= 11 is 0. The fraction of sp³-hybridized carbons (Fsp3) is 1.00. The first-order chi connectivity index (χ1) is 6.56. The molecule has 7 heteroatoms. The van der Waals surface area contributed by atoms with Gasteiger partial charge in [0.05, 0.1) is 16.3 Å². The molecule has 0 aromatic carbocycles. The van der Waals surface area contributed by atoms with Crippen molar-refractivity contribution in [3.63, 3.8) is 0 Å². The van der Waals surface area contributed by atoms with Gasteiger partial charge in [-0.05, 0) is 20.8 Å². The highest BCUT2D eigenvalue weighted by atomic mass is 32.2. The van der Waals surface area contributed by atoms with Crippen LogP contribution in [-0.4, -0.2) is 50.5 Å². The van der Waals surface area contributed by atoms with Gasteiger partial charge in [0.2, 0.25) is 10.0 Å². The zero-order valence-corrected chi connectivity index (χ0v) is 10.9. The summed E-state index contributed by atoms with van der Waals surface area (Å²) in [7, 11) is -6.41. The molecule has 0 bridgehead atoms. The predicted octanol–water partition coefficient (Wildman–Crippen LogP) is -0.155. The zero-order chi connectivity index (χ0) is 11.9. The van der Waals surface area contributed by atoms with Crippen molar-refractivity contribution in [3.8, 4) is 0 Å². The molecule has 0 amide bonds. The Kier molecular flexibility index (Phi) is 3.20. The molecule has 1 heterocycles. The van der Waals surface area contributed by atoms with E-state index >= 15 is 0 Å². The molecule has 0 radical (unpaired) electrons. The Bertz CT molecular complexity index is 416. The zero-order valence-electron chi connectivity index (χ0n) is 9.23. The van der Waals surface area contributed by atoms with Crippen LogP contribution in [0.3, 0.4) is 0 Å². The number of nitrogens with zero attached hydrogens (tertiary/aromatic N) is 1. The highest BCUT2D eigenvalue weighted by Crippen LogP contribution is 2.21. The quantitative estimate of drug-likeness (QED) is 0.653. The summed E-state index contributed by atoms with van der Waals surface area (Å²) in [5.74, 6) is -0.134. The number of sulfonamides is 1. The third-order valence-electron chi connectivity index (χ3n) is 2.42. The van der Waals surface area contributed by atoms with Crippen molar-refractivity contribution in [2.24, 2.45) is 0 Å². The van der Waals surface area contributed by atoms with Crippen LogP contribution in [0.15, 0.2) is 0 Å². The minimum absolute atomic E-state index is 0.0672. The molecule has 1 saturated heterocycles. The van der Waals surface area contributed by atoms with Crippen LogP contribution in [0.25, 0.3) is 0 Å². The molecule has 0 aromatic heterocycles. The van der Waals surface area contributed by atoms with Crippen molar-refractivity contribution < 1.29 is 16.8 Å². The van der Waals surface area contributed by atoms with Gasteiger partial charge < -0.3 is 0 Å². The SMILES string of the molecule is CC(C)(C)S(=O)(=O)N1CCS(=O)(=O)CC1. The van der Waals surface area contributed by atoms with E-state index in [2.05, 4.69) is 0 Å². The lowest BCUT2D eigenvalue weighted by Gasteiger charge is -2.32. The summed E-state index contributed by atoms with van der Waals surface area (Å²) in [6.07, 6.45) is 0.